The van der Waals surface area contributed by atoms with Crippen LogP contribution in [-0.4, -0.2) is 17.4 Å². The van der Waals surface area contributed by atoms with Crippen molar-refractivity contribution in [2.75, 3.05) is 5.75 Å². The lowest BCUT2D eigenvalue weighted by atomic mass is 9.81. The van der Waals surface area contributed by atoms with Gasteiger partial charge in [0.15, 0.2) is 5.78 Å². The third-order valence-corrected chi connectivity index (χ3v) is 5.21. The van der Waals surface area contributed by atoms with Crippen LogP contribution in [0.4, 0.5) is 0 Å². The molecule has 1 aromatic carbocycles. The Labute approximate surface area is 127 Å². The Balaban J connectivity index is 2.55. The average molecular weight is 303 g/mol. The van der Waals surface area contributed by atoms with Crippen LogP contribution in [0.15, 0.2) is 34.0 Å². The summed E-state index contributed by atoms with van der Waals surface area (Å²) in [5.74, 6) is -0.113. The number of amidine groups is 1. The van der Waals surface area contributed by atoms with Crippen molar-refractivity contribution in [3.8, 4) is 0 Å². The van der Waals surface area contributed by atoms with Gasteiger partial charge in [-0.3, -0.25) is 10.2 Å². The summed E-state index contributed by atoms with van der Waals surface area (Å²) >= 11 is 1.77. The van der Waals surface area contributed by atoms with Crippen molar-refractivity contribution in [3.05, 3.63) is 45.5 Å². The highest BCUT2D eigenvalue weighted by Gasteiger charge is 2.34. The SMILES string of the molecule is Cc1c(C(=O)C(=CN)C(=N)N=O)ccc2c1C(C)(C)CS2. The first-order valence-corrected chi connectivity index (χ1v) is 7.47. The molecule has 0 saturated heterocycles. The van der Waals surface area contributed by atoms with Gasteiger partial charge in [-0.15, -0.1) is 16.7 Å². The average Bonchev–Trinajstić information content (AvgIpc) is 2.75. The minimum absolute atomic E-state index is 0.0105. The normalized spacial score (nSPS) is 16.4. The highest BCUT2D eigenvalue weighted by molar-refractivity contribution is 7.99. The summed E-state index contributed by atoms with van der Waals surface area (Å²) in [6.45, 7) is 6.18. The number of hydrogen-bond acceptors (Lipinski definition) is 5. The summed E-state index contributed by atoms with van der Waals surface area (Å²) in [7, 11) is 0. The molecule has 1 aliphatic heterocycles. The number of fused-ring (bicyclic) bond motifs is 1. The van der Waals surface area contributed by atoms with E-state index in [1.165, 1.54) is 4.90 Å². The molecule has 0 radical (unpaired) electrons. The topological polar surface area (TPSA) is 96.4 Å². The third-order valence-electron chi connectivity index (χ3n) is 3.69. The van der Waals surface area contributed by atoms with E-state index in [9.17, 15) is 9.70 Å². The molecule has 1 aliphatic rings. The number of nitroso groups, excluding NO2 is 1. The lowest BCUT2D eigenvalue weighted by molar-refractivity contribution is 0.103. The van der Waals surface area contributed by atoms with Crippen molar-refractivity contribution < 1.29 is 4.79 Å². The predicted octanol–water partition coefficient (Wildman–Crippen LogP) is 3.15. The summed E-state index contributed by atoms with van der Waals surface area (Å²) in [4.78, 5) is 24.2. The molecule has 0 aromatic heterocycles. The van der Waals surface area contributed by atoms with E-state index in [2.05, 4.69) is 19.0 Å². The summed E-state index contributed by atoms with van der Waals surface area (Å²) in [5, 5.41) is 9.92. The number of nitrogens with zero attached hydrogens (tertiary/aromatic N) is 1. The van der Waals surface area contributed by atoms with Gasteiger partial charge < -0.3 is 5.73 Å². The Kier molecular flexibility index (Phi) is 4.00. The molecule has 0 aliphatic carbocycles. The van der Waals surface area contributed by atoms with Crippen LogP contribution in [0.5, 0.6) is 0 Å². The zero-order valence-electron chi connectivity index (χ0n) is 12.2. The number of hydrogen-bond donors (Lipinski definition) is 2. The molecular formula is C15H17N3O2S. The van der Waals surface area contributed by atoms with Gasteiger partial charge in [0.1, 0.15) is 0 Å². The molecule has 0 unspecified atom stereocenters. The van der Waals surface area contributed by atoms with Crippen molar-refractivity contribution >= 4 is 23.4 Å². The second kappa shape index (κ2) is 5.44. The number of ketones is 1. The smallest absolute Gasteiger partial charge is 0.201 e. The first-order valence-electron chi connectivity index (χ1n) is 6.49. The maximum Gasteiger partial charge on any atom is 0.201 e. The molecule has 21 heavy (non-hydrogen) atoms. The van der Waals surface area contributed by atoms with Gasteiger partial charge in [0, 0.05) is 27.8 Å². The van der Waals surface area contributed by atoms with Crippen LogP contribution >= 0.6 is 11.8 Å². The molecule has 0 bridgehead atoms. The van der Waals surface area contributed by atoms with Gasteiger partial charge in [0.05, 0.1) is 5.57 Å². The zero-order chi connectivity index (χ0) is 15.8. The Morgan fingerprint density at radius 3 is 2.71 bits per heavy atom. The number of benzene rings is 1. The molecule has 0 saturated carbocycles. The molecule has 1 aromatic rings. The largest absolute Gasteiger partial charge is 0.404 e. The van der Waals surface area contributed by atoms with Crippen molar-refractivity contribution in [3.63, 3.8) is 0 Å². The molecule has 0 amide bonds. The number of carbonyl (C=O) groups excluding carboxylic acids is 1. The molecule has 6 heteroatoms. The van der Waals surface area contributed by atoms with Crippen molar-refractivity contribution in [1.82, 2.24) is 0 Å². The van der Waals surface area contributed by atoms with Crippen molar-refractivity contribution in [1.29, 1.82) is 5.41 Å². The van der Waals surface area contributed by atoms with Crippen molar-refractivity contribution in [2.24, 2.45) is 10.9 Å². The number of Topliss-reactive ketones (excluding diaryl/α,β-unsaturated/α-hetero) is 1. The molecular weight excluding hydrogens is 286 g/mol. The molecule has 110 valence electrons. The first-order chi connectivity index (χ1) is 9.83. The molecule has 5 nitrogen and oxygen atoms in total. The number of rotatable bonds is 3. The first kappa shape index (κ1) is 15.4. The van der Waals surface area contributed by atoms with E-state index >= 15 is 0 Å². The number of nitrogens with one attached hydrogen (secondary N) is 1. The summed E-state index contributed by atoms with van der Waals surface area (Å²) in [6, 6.07) is 3.65. The van der Waals surface area contributed by atoms with E-state index < -0.39 is 11.6 Å². The van der Waals surface area contributed by atoms with Crippen LogP contribution in [0.3, 0.4) is 0 Å². The van der Waals surface area contributed by atoms with Gasteiger partial charge in [-0.25, -0.2) is 0 Å². The van der Waals surface area contributed by atoms with E-state index in [1.807, 2.05) is 13.0 Å². The number of thioether (sulfide) groups is 1. The molecule has 0 atom stereocenters. The predicted molar refractivity (Wildman–Crippen MR) is 85.1 cm³/mol. The van der Waals surface area contributed by atoms with E-state index in [0.717, 1.165) is 23.1 Å². The number of carbonyl (C=O) groups is 1. The summed E-state index contributed by atoms with van der Waals surface area (Å²) in [6.07, 6.45) is 0.971. The lowest BCUT2D eigenvalue weighted by Crippen LogP contribution is -2.20. The molecule has 1 heterocycles. The third kappa shape index (κ3) is 2.51. The zero-order valence-corrected chi connectivity index (χ0v) is 13.0. The van der Waals surface area contributed by atoms with Crippen LogP contribution in [-0.2, 0) is 5.41 Å². The molecule has 0 fully saturated rings. The quantitative estimate of drug-likeness (QED) is 0.295. The molecule has 3 N–H and O–H groups in total. The minimum Gasteiger partial charge on any atom is -0.404 e. The van der Waals surface area contributed by atoms with Crippen LogP contribution in [0.1, 0.15) is 35.3 Å². The van der Waals surface area contributed by atoms with Gasteiger partial charge in [0.25, 0.3) is 0 Å². The van der Waals surface area contributed by atoms with Gasteiger partial charge >= 0.3 is 0 Å². The Bertz CT molecular complexity index is 678. The van der Waals surface area contributed by atoms with E-state index in [1.54, 1.807) is 17.8 Å². The second-order valence-electron chi connectivity index (χ2n) is 5.63. The van der Waals surface area contributed by atoms with Crippen LogP contribution in [0, 0.1) is 17.2 Å². The fourth-order valence-electron chi connectivity index (χ4n) is 2.68. The standard InChI is InChI=1S/C15H17N3O2S/c1-8-9(13(19)10(6-16)14(17)18-20)4-5-11-12(8)15(2,3)7-21-11/h4-6,17H,7,16H2,1-3H3. The van der Waals surface area contributed by atoms with E-state index in [-0.39, 0.29) is 11.0 Å². The number of nitrogens with two attached hydrogens (primary N) is 1. The Morgan fingerprint density at radius 2 is 2.14 bits per heavy atom. The maximum atomic E-state index is 12.5. The van der Waals surface area contributed by atoms with Gasteiger partial charge in [-0.05, 0) is 35.4 Å². The Morgan fingerprint density at radius 1 is 1.48 bits per heavy atom. The van der Waals surface area contributed by atoms with E-state index in [0.29, 0.717) is 5.56 Å². The summed E-state index contributed by atoms with van der Waals surface area (Å²) in [5.41, 5.74) is 7.70. The van der Waals surface area contributed by atoms with Crippen LogP contribution in [0.2, 0.25) is 0 Å². The van der Waals surface area contributed by atoms with Crippen LogP contribution < -0.4 is 5.73 Å². The van der Waals surface area contributed by atoms with Crippen LogP contribution in [0.25, 0.3) is 0 Å². The Hall–Kier alpha value is -1.95. The second-order valence-corrected chi connectivity index (χ2v) is 6.65. The fraction of sp³-hybridized carbons (Fsp3) is 0.333. The maximum absolute atomic E-state index is 12.5. The highest BCUT2D eigenvalue weighted by atomic mass is 32.2. The minimum atomic E-state index is -0.643. The van der Waals surface area contributed by atoms with E-state index in [4.69, 9.17) is 11.1 Å². The lowest BCUT2D eigenvalue weighted by Gasteiger charge is -2.21. The fourth-order valence-corrected chi connectivity index (χ4v) is 4.08. The highest BCUT2D eigenvalue weighted by Crippen LogP contribution is 2.46. The van der Waals surface area contributed by atoms with Crippen molar-refractivity contribution in [2.45, 2.75) is 31.1 Å². The molecule has 0 spiro atoms. The molecule has 2 rings (SSSR count). The van der Waals surface area contributed by atoms with Gasteiger partial charge in [-0.1, -0.05) is 13.8 Å². The van der Waals surface area contributed by atoms with Gasteiger partial charge in [-0.2, -0.15) is 0 Å². The van der Waals surface area contributed by atoms with Gasteiger partial charge in [0.2, 0.25) is 5.84 Å². The summed E-state index contributed by atoms with van der Waals surface area (Å²) < 4.78 is 0. The monoisotopic (exact) mass is 303 g/mol.